The van der Waals surface area contributed by atoms with Crippen molar-refractivity contribution >= 4 is 11.9 Å². The van der Waals surface area contributed by atoms with Gasteiger partial charge in [-0.15, -0.1) is 0 Å². The molecule has 1 atom stereocenters. The van der Waals surface area contributed by atoms with Crippen LogP contribution in [0.1, 0.15) is 41.8 Å². The van der Waals surface area contributed by atoms with Gasteiger partial charge in [0.2, 0.25) is 11.9 Å². The standard InChI is InChI=1S/C21H27FN4O/c1-14-19(15(2)25-21(23)24-14)12-20(27)26-11-3-4-17(13-26)6-5-16-7-9-18(22)10-8-16/h7-10,17H,3-6,11-13H2,1-2H3,(H2,23,24,25)/t17-/m1/s1. The number of carbonyl (C=O) groups excluding carboxylic acids is 1. The summed E-state index contributed by atoms with van der Waals surface area (Å²) < 4.78 is 13.0. The number of nitrogens with zero attached hydrogens (tertiary/aromatic N) is 3. The molecule has 2 heterocycles. The molecule has 144 valence electrons. The highest BCUT2D eigenvalue weighted by molar-refractivity contribution is 5.79. The van der Waals surface area contributed by atoms with E-state index in [4.69, 9.17) is 5.73 Å². The van der Waals surface area contributed by atoms with Crippen LogP contribution in [0.25, 0.3) is 0 Å². The maximum Gasteiger partial charge on any atom is 0.227 e. The lowest BCUT2D eigenvalue weighted by Crippen LogP contribution is -2.41. The molecule has 0 unspecified atom stereocenters. The number of rotatable bonds is 5. The molecule has 0 radical (unpaired) electrons. The molecular weight excluding hydrogens is 343 g/mol. The summed E-state index contributed by atoms with van der Waals surface area (Å²) in [6.45, 7) is 5.33. The number of hydrogen-bond donors (Lipinski definition) is 1. The minimum atomic E-state index is -0.203. The predicted molar refractivity (Wildman–Crippen MR) is 104 cm³/mol. The van der Waals surface area contributed by atoms with Crippen molar-refractivity contribution < 1.29 is 9.18 Å². The minimum Gasteiger partial charge on any atom is -0.368 e. The summed E-state index contributed by atoms with van der Waals surface area (Å²) in [5.41, 5.74) is 9.24. The first kappa shape index (κ1) is 19.3. The van der Waals surface area contributed by atoms with Gasteiger partial charge in [-0.05, 0) is 63.1 Å². The van der Waals surface area contributed by atoms with Gasteiger partial charge in [0.1, 0.15) is 5.82 Å². The first-order valence-electron chi connectivity index (χ1n) is 9.54. The fourth-order valence-electron chi connectivity index (χ4n) is 3.83. The molecule has 0 spiro atoms. The van der Waals surface area contributed by atoms with Crippen LogP contribution in [0.5, 0.6) is 0 Å². The molecule has 1 aromatic carbocycles. The van der Waals surface area contributed by atoms with Crippen LogP contribution in [0.4, 0.5) is 10.3 Å². The van der Waals surface area contributed by atoms with Crippen LogP contribution < -0.4 is 5.73 Å². The Morgan fingerprint density at radius 2 is 1.89 bits per heavy atom. The van der Waals surface area contributed by atoms with E-state index in [0.717, 1.165) is 61.3 Å². The monoisotopic (exact) mass is 370 g/mol. The van der Waals surface area contributed by atoms with E-state index in [1.54, 1.807) is 0 Å². The summed E-state index contributed by atoms with van der Waals surface area (Å²) in [6.07, 6.45) is 4.40. The van der Waals surface area contributed by atoms with Gasteiger partial charge in [0.15, 0.2) is 0 Å². The van der Waals surface area contributed by atoms with E-state index in [9.17, 15) is 9.18 Å². The Labute approximate surface area is 159 Å². The predicted octanol–water partition coefficient (Wildman–Crippen LogP) is 3.23. The second-order valence-electron chi connectivity index (χ2n) is 7.42. The normalized spacial score (nSPS) is 17.1. The summed E-state index contributed by atoms with van der Waals surface area (Å²) in [4.78, 5) is 23.1. The molecule has 1 aliphatic heterocycles. The quantitative estimate of drug-likeness (QED) is 0.877. The minimum absolute atomic E-state index is 0.126. The van der Waals surface area contributed by atoms with Crippen molar-refractivity contribution in [1.82, 2.24) is 14.9 Å². The molecule has 0 saturated carbocycles. The van der Waals surface area contributed by atoms with Crippen molar-refractivity contribution in [2.24, 2.45) is 5.92 Å². The largest absolute Gasteiger partial charge is 0.368 e. The number of likely N-dealkylation sites (tertiary alicyclic amines) is 1. The number of anilines is 1. The van der Waals surface area contributed by atoms with Gasteiger partial charge in [-0.1, -0.05) is 12.1 Å². The van der Waals surface area contributed by atoms with Gasteiger partial charge in [-0.25, -0.2) is 14.4 Å². The maximum absolute atomic E-state index is 13.0. The van der Waals surface area contributed by atoms with Crippen molar-refractivity contribution in [1.29, 1.82) is 0 Å². The smallest absolute Gasteiger partial charge is 0.227 e. The van der Waals surface area contributed by atoms with E-state index in [0.29, 0.717) is 12.3 Å². The third-order valence-electron chi connectivity index (χ3n) is 5.39. The number of nitrogens with two attached hydrogens (primary N) is 1. The average molecular weight is 370 g/mol. The number of nitrogen functional groups attached to an aromatic ring is 1. The Morgan fingerprint density at radius 1 is 1.22 bits per heavy atom. The molecule has 2 aromatic rings. The first-order chi connectivity index (χ1) is 12.9. The number of benzene rings is 1. The fraction of sp³-hybridized carbons (Fsp3) is 0.476. The zero-order chi connectivity index (χ0) is 19.4. The van der Waals surface area contributed by atoms with Crippen molar-refractivity contribution in [2.45, 2.75) is 46.0 Å². The SMILES string of the molecule is Cc1nc(N)nc(C)c1CC(=O)N1CCC[C@H](CCc2ccc(F)cc2)C1. The molecule has 0 bridgehead atoms. The number of aryl methyl sites for hydroxylation is 3. The summed E-state index contributed by atoms with van der Waals surface area (Å²) in [7, 11) is 0. The van der Waals surface area contributed by atoms with Crippen molar-refractivity contribution in [3.63, 3.8) is 0 Å². The molecule has 1 amide bonds. The van der Waals surface area contributed by atoms with Crippen LogP contribution in [0.15, 0.2) is 24.3 Å². The Balaban J connectivity index is 1.57. The molecule has 2 N–H and O–H groups in total. The molecule has 6 heteroatoms. The van der Waals surface area contributed by atoms with Crippen LogP contribution in [0.2, 0.25) is 0 Å². The molecule has 5 nitrogen and oxygen atoms in total. The third-order valence-corrected chi connectivity index (χ3v) is 5.39. The van der Waals surface area contributed by atoms with E-state index >= 15 is 0 Å². The third kappa shape index (κ3) is 5.02. The second kappa shape index (κ2) is 8.46. The lowest BCUT2D eigenvalue weighted by atomic mass is 9.91. The lowest BCUT2D eigenvalue weighted by Gasteiger charge is -2.33. The van der Waals surface area contributed by atoms with E-state index in [1.807, 2.05) is 30.9 Å². The number of halogens is 1. The zero-order valence-electron chi connectivity index (χ0n) is 16.0. The highest BCUT2D eigenvalue weighted by Gasteiger charge is 2.24. The molecule has 3 rings (SSSR count). The number of piperidine rings is 1. The van der Waals surface area contributed by atoms with Crippen LogP contribution in [-0.2, 0) is 17.6 Å². The van der Waals surface area contributed by atoms with Gasteiger partial charge in [-0.2, -0.15) is 0 Å². The van der Waals surface area contributed by atoms with Gasteiger partial charge in [0, 0.05) is 30.0 Å². The van der Waals surface area contributed by atoms with Gasteiger partial charge < -0.3 is 10.6 Å². The molecule has 1 aromatic heterocycles. The van der Waals surface area contributed by atoms with E-state index in [-0.39, 0.29) is 17.7 Å². The highest BCUT2D eigenvalue weighted by atomic mass is 19.1. The number of amides is 1. The zero-order valence-corrected chi connectivity index (χ0v) is 16.0. The van der Waals surface area contributed by atoms with E-state index in [2.05, 4.69) is 9.97 Å². The summed E-state index contributed by atoms with van der Waals surface area (Å²) in [5.74, 6) is 0.657. The number of hydrogen-bond acceptors (Lipinski definition) is 4. The van der Waals surface area contributed by atoms with Crippen molar-refractivity contribution in [3.05, 3.63) is 52.6 Å². The maximum atomic E-state index is 13.0. The van der Waals surface area contributed by atoms with Crippen molar-refractivity contribution in [2.75, 3.05) is 18.8 Å². The van der Waals surface area contributed by atoms with E-state index in [1.165, 1.54) is 12.1 Å². The number of aromatic nitrogens is 2. The van der Waals surface area contributed by atoms with Crippen LogP contribution in [0, 0.1) is 25.6 Å². The molecule has 1 saturated heterocycles. The van der Waals surface area contributed by atoms with Gasteiger partial charge >= 0.3 is 0 Å². The summed E-state index contributed by atoms with van der Waals surface area (Å²) >= 11 is 0. The average Bonchev–Trinajstić information content (AvgIpc) is 2.64. The molecule has 1 fully saturated rings. The Hall–Kier alpha value is -2.50. The summed E-state index contributed by atoms with van der Waals surface area (Å²) in [5, 5.41) is 0. The van der Waals surface area contributed by atoms with Crippen LogP contribution in [-0.4, -0.2) is 33.9 Å². The van der Waals surface area contributed by atoms with Gasteiger partial charge in [0.05, 0.1) is 6.42 Å². The number of carbonyl (C=O) groups is 1. The van der Waals surface area contributed by atoms with Crippen molar-refractivity contribution in [3.8, 4) is 0 Å². The van der Waals surface area contributed by atoms with E-state index < -0.39 is 0 Å². The van der Waals surface area contributed by atoms with Gasteiger partial charge in [-0.3, -0.25) is 4.79 Å². The highest BCUT2D eigenvalue weighted by Crippen LogP contribution is 2.23. The molecule has 27 heavy (non-hydrogen) atoms. The molecule has 0 aliphatic carbocycles. The Morgan fingerprint density at radius 3 is 2.56 bits per heavy atom. The molecule has 1 aliphatic rings. The second-order valence-corrected chi connectivity index (χ2v) is 7.42. The summed E-state index contributed by atoms with van der Waals surface area (Å²) in [6, 6.07) is 6.69. The Bertz CT molecular complexity index is 783. The fourth-order valence-corrected chi connectivity index (χ4v) is 3.83. The first-order valence-corrected chi connectivity index (χ1v) is 9.54. The van der Waals surface area contributed by atoms with Crippen LogP contribution in [0.3, 0.4) is 0 Å². The Kier molecular flexibility index (Phi) is 6.04. The van der Waals surface area contributed by atoms with Crippen LogP contribution >= 0.6 is 0 Å². The molecular formula is C21H27FN4O. The van der Waals surface area contributed by atoms with Gasteiger partial charge in [0.25, 0.3) is 0 Å². The lowest BCUT2D eigenvalue weighted by molar-refractivity contribution is -0.132. The topological polar surface area (TPSA) is 72.1 Å².